The normalized spacial score (nSPS) is 11.0. The molecule has 25 heavy (non-hydrogen) atoms. The number of halogens is 1. The number of aryl methyl sites for hydroxylation is 2. The molecule has 2 heterocycles. The number of fused-ring (bicyclic) bond motifs is 1. The summed E-state index contributed by atoms with van der Waals surface area (Å²) in [4.78, 5) is 4.86. The molecule has 0 radical (unpaired) electrons. The van der Waals surface area contributed by atoms with Crippen molar-refractivity contribution >= 4 is 33.1 Å². The highest BCUT2D eigenvalue weighted by Crippen LogP contribution is 2.32. The highest BCUT2D eigenvalue weighted by atomic mass is 79.9. The molecular weight excluding hydrogens is 374 g/mol. The molecule has 3 nitrogen and oxygen atoms in total. The van der Waals surface area contributed by atoms with Crippen molar-refractivity contribution in [3.8, 4) is 11.3 Å². The number of pyridine rings is 1. The first-order valence-corrected chi connectivity index (χ1v) is 8.98. The first kappa shape index (κ1) is 15.9. The topological polar surface area (TPSA) is 29.3 Å². The van der Waals surface area contributed by atoms with Crippen molar-refractivity contribution in [1.29, 1.82) is 0 Å². The molecule has 0 unspecified atom stereocenters. The maximum atomic E-state index is 4.86. The number of nitrogens with zero attached hydrogens (tertiary/aromatic N) is 2. The highest BCUT2D eigenvalue weighted by Gasteiger charge is 2.15. The fourth-order valence-electron chi connectivity index (χ4n) is 2.89. The molecule has 0 aliphatic heterocycles. The van der Waals surface area contributed by atoms with Crippen molar-refractivity contribution < 1.29 is 0 Å². The smallest absolute Gasteiger partial charge is 0.143 e. The molecular formula is C21H18BrN3. The third kappa shape index (κ3) is 3.05. The third-order valence-electron chi connectivity index (χ3n) is 4.31. The molecule has 124 valence electrons. The van der Waals surface area contributed by atoms with Gasteiger partial charge in [0.25, 0.3) is 0 Å². The van der Waals surface area contributed by atoms with Crippen LogP contribution in [0, 0.1) is 13.8 Å². The maximum absolute atomic E-state index is 4.86. The van der Waals surface area contributed by atoms with Crippen LogP contribution >= 0.6 is 15.9 Å². The second-order valence-corrected chi connectivity index (χ2v) is 7.11. The molecule has 2 aromatic carbocycles. The summed E-state index contributed by atoms with van der Waals surface area (Å²) in [5.74, 6) is 0.967. The van der Waals surface area contributed by atoms with Crippen molar-refractivity contribution in [3.05, 3.63) is 82.5 Å². The van der Waals surface area contributed by atoms with Gasteiger partial charge in [-0.25, -0.2) is 4.98 Å². The number of imidazole rings is 1. The number of hydrogen-bond donors (Lipinski definition) is 1. The average Bonchev–Trinajstić information content (AvgIpc) is 2.95. The number of rotatable bonds is 3. The number of nitrogens with one attached hydrogen (secondary N) is 1. The van der Waals surface area contributed by atoms with Gasteiger partial charge in [-0.05, 0) is 53.5 Å². The van der Waals surface area contributed by atoms with Gasteiger partial charge in [0.2, 0.25) is 0 Å². The summed E-state index contributed by atoms with van der Waals surface area (Å²) >= 11 is 3.57. The quantitative estimate of drug-likeness (QED) is 0.455. The molecule has 0 atom stereocenters. The van der Waals surface area contributed by atoms with Crippen LogP contribution < -0.4 is 5.32 Å². The molecule has 0 fully saturated rings. The Balaban J connectivity index is 1.93. The van der Waals surface area contributed by atoms with E-state index in [9.17, 15) is 0 Å². The number of benzene rings is 2. The predicted molar refractivity (Wildman–Crippen MR) is 108 cm³/mol. The van der Waals surface area contributed by atoms with Crippen LogP contribution in [0.4, 0.5) is 11.5 Å². The highest BCUT2D eigenvalue weighted by molar-refractivity contribution is 9.10. The average molecular weight is 392 g/mol. The minimum absolute atomic E-state index is 0.912. The van der Waals surface area contributed by atoms with Crippen LogP contribution in [0.3, 0.4) is 0 Å². The van der Waals surface area contributed by atoms with Gasteiger partial charge in [-0.3, -0.25) is 4.40 Å². The van der Waals surface area contributed by atoms with E-state index in [0.29, 0.717) is 0 Å². The van der Waals surface area contributed by atoms with Crippen molar-refractivity contribution in [3.63, 3.8) is 0 Å². The number of para-hydroxylation sites is 1. The monoisotopic (exact) mass is 391 g/mol. The number of hydrogen-bond acceptors (Lipinski definition) is 2. The molecule has 2 aromatic heterocycles. The van der Waals surface area contributed by atoms with Crippen LogP contribution in [0.15, 0.2) is 71.3 Å². The Kier molecular flexibility index (Phi) is 4.06. The Morgan fingerprint density at radius 1 is 0.920 bits per heavy atom. The second-order valence-electron chi connectivity index (χ2n) is 6.19. The van der Waals surface area contributed by atoms with Crippen molar-refractivity contribution in [2.24, 2.45) is 0 Å². The first-order chi connectivity index (χ1) is 12.1. The van der Waals surface area contributed by atoms with E-state index >= 15 is 0 Å². The van der Waals surface area contributed by atoms with Gasteiger partial charge < -0.3 is 5.32 Å². The molecule has 1 N–H and O–H groups in total. The van der Waals surface area contributed by atoms with Gasteiger partial charge in [0.1, 0.15) is 17.2 Å². The lowest BCUT2D eigenvalue weighted by Crippen LogP contribution is -1.98. The fraction of sp³-hybridized carbons (Fsp3) is 0.0952. The molecule has 0 bridgehead atoms. The Hall–Kier alpha value is -2.59. The molecule has 0 saturated carbocycles. The van der Waals surface area contributed by atoms with Gasteiger partial charge in [-0.1, -0.05) is 48.0 Å². The fourth-order valence-corrected chi connectivity index (χ4v) is 3.23. The Morgan fingerprint density at radius 3 is 2.44 bits per heavy atom. The summed E-state index contributed by atoms with van der Waals surface area (Å²) in [5, 5.41) is 3.58. The van der Waals surface area contributed by atoms with Gasteiger partial charge >= 0.3 is 0 Å². The van der Waals surface area contributed by atoms with E-state index in [1.165, 1.54) is 11.1 Å². The minimum Gasteiger partial charge on any atom is -0.339 e. The van der Waals surface area contributed by atoms with Crippen LogP contribution in [0.25, 0.3) is 16.9 Å². The molecule has 0 amide bonds. The molecule has 4 heteroatoms. The van der Waals surface area contributed by atoms with E-state index in [0.717, 1.165) is 32.9 Å². The van der Waals surface area contributed by atoms with Gasteiger partial charge in [0, 0.05) is 21.9 Å². The van der Waals surface area contributed by atoms with Crippen LogP contribution in [-0.4, -0.2) is 9.38 Å². The molecule has 0 aliphatic rings. The first-order valence-electron chi connectivity index (χ1n) is 8.19. The number of aromatic nitrogens is 2. The van der Waals surface area contributed by atoms with Crippen LogP contribution in [0.2, 0.25) is 0 Å². The van der Waals surface area contributed by atoms with Gasteiger partial charge in [0.15, 0.2) is 0 Å². The van der Waals surface area contributed by atoms with E-state index < -0.39 is 0 Å². The van der Waals surface area contributed by atoms with Gasteiger partial charge in [0.05, 0.1) is 0 Å². The lowest BCUT2D eigenvalue weighted by atomic mass is 10.1. The summed E-state index contributed by atoms with van der Waals surface area (Å²) in [6, 6.07) is 20.8. The van der Waals surface area contributed by atoms with Crippen LogP contribution in [-0.2, 0) is 0 Å². The van der Waals surface area contributed by atoms with Crippen molar-refractivity contribution in [1.82, 2.24) is 9.38 Å². The SMILES string of the molecule is Cc1ccc(-c2nc3ccc(Br)cn3c2Nc2ccccc2C)cc1. The van der Waals surface area contributed by atoms with Crippen LogP contribution in [0.1, 0.15) is 11.1 Å². The summed E-state index contributed by atoms with van der Waals surface area (Å²) in [7, 11) is 0. The lowest BCUT2D eigenvalue weighted by molar-refractivity contribution is 1.17. The standard InChI is InChI=1S/C21H18BrN3/c1-14-7-9-16(10-8-14)20-21(23-18-6-4-3-5-15(18)2)25-13-17(22)11-12-19(25)24-20/h3-13,23H,1-2H3. The summed E-state index contributed by atoms with van der Waals surface area (Å²) in [6.07, 6.45) is 2.04. The molecule has 4 aromatic rings. The third-order valence-corrected chi connectivity index (χ3v) is 4.77. The zero-order chi connectivity index (χ0) is 17.4. The molecule has 0 aliphatic carbocycles. The predicted octanol–water partition coefficient (Wildman–Crippen LogP) is 6.12. The zero-order valence-corrected chi connectivity index (χ0v) is 15.7. The number of anilines is 2. The minimum atomic E-state index is 0.912. The van der Waals surface area contributed by atoms with Crippen molar-refractivity contribution in [2.45, 2.75) is 13.8 Å². The maximum Gasteiger partial charge on any atom is 0.143 e. The Labute approximate surface area is 155 Å². The molecule has 0 spiro atoms. The van der Waals surface area contributed by atoms with E-state index in [1.807, 2.05) is 30.5 Å². The summed E-state index contributed by atoms with van der Waals surface area (Å²) < 4.78 is 3.10. The largest absolute Gasteiger partial charge is 0.339 e. The summed E-state index contributed by atoms with van der Waals surface area (Å²) in [6.45, 7) is 4.20. The van der Waals surface area contributed by atoms with Crippen molar-refractivity contribution in [2.75, 3.05) is 5.32 Å². The van der Waals surface area contributed by atoms with Gasteiger partial charge in [-0.15, -0.1) is 0 Å². The lowest BCUT2D eigenvalue weighted by Gasteiger charge is -2.11. The Morgan fingerprint density at radius 2 is 1.68 bits per heavy atom. The molecule has 0 saturated heterocycles. The Bertz CT molecular complexity index is 1050. The molecule has 4 rings (SSSR count). The van der Waals surface area contributed by atoms with E-state index in [1.54, 1.807) is 0 Å². The van der Waals surface area contributed by atoms with Crippen LogP contribution in [0.5, 0.6) is 0 Å². The van der Waals surface area contributed by atoms with E-state index in [2.05, 4.69) is 75.9 Å². The summed E-state index contributed by atoms with van der Waals surface area (Å²) in [5.41, 5.74) is 6.47. The van der Waals surface area contributed by atoms with E-state index in [4.69, 9.17) is 4.98 Å². The van der Waals surface area contributed by atoms with E-state index in [-0.39, 0.29) is 0 Å². The van der Waals surface area contributed by atoms with Gasteiger partial charge in [-0.2, -0.15) is 0 Å². The zero-order valence-electron chi connectivity index (χ0n) is 14.1. The second kappa shape index (κ2) is 6.37.